The van der Waals surface area contributed by atoms with Crippen LogP contribution in [0.5, 0.6) is 0 Å². The summed E-state index contributed by atoms with van der Waals surface area (Å²) in [6, 6.07) is 10.6. The number of aryl methyl sites for hydroxylation is 1. The molecular weight excluding hydrogens is 528 g/mol. The number of fused-ring (bicyclic) bond motifs is 3. The summed E-state index contributed by atoms with van der Waals surface area (Å²) in [6.07, 6.45) is 7.99. The van der Waals surface area contributed by atoms with E-state index in [1.165, 1.54) is 6.07 Å². The maximum atomic E-state index is 12.9. The molecular formula is C29H28N6O4S. The number of nitrogens with zero attached hydrogens (tertiary/aromatic N) is 5. The predicted octanol–water partition coefficient (Wildman–Crippen LogP) is 3.62. The summed E-state index contributed by atoms with van der Waals surface area (Å²) in [6.45, 7) is 1.37. The molecule has 0 unspecified atom stereocenters. The molecule has 0 saturated heterocycles. The van der Waals surface area contributed by atoms with Crippen LogP contribution in [0.15, 0.2) is 53.7 Å². The van der Waals surface area contributed by atoms with Gasteiger partial charge < -0.3 is 15.0 Å². The Morgan fingerprint density at radius 1 is 1.05 bits per heavy atom. The van der Waals surface area contributed by atoms with Gasteiger partial charge >= 0.3 is 0 Å². The van der Waals surface area contributed by atoms with Crippen LogP contribution in [0.4, 0.5) is 11.6 Å². The van der Waals surface area contributed by atoms with Crippen molar-refractivity contribution in [2.24, 2.45) is 0 Å². The van der Waals surface area contributed by atoms with Crippen molar-refractivity contribution < 1.29 is 17.9 Å². The first kappa shape index (κ1) is 25.0. The molecule has 204 valence electrons. The lowest BCUT2D eigenvalue weighted by atomic mass is 10.1. The van der Waals surface area contributed by atoms with Gasteiger partial charge in [-0.25, -0.2) is 23.4 Å². The number of benzene rings is 1. The molecule has 10 nitrogen and oxygen atoms in total. The van der Waals surface area contributed by atoms with E-state index < -0.39 is 9.84 Å². The normalized spacial score (nSPS) is 18.1. The second-order valence-corrected chi connectivity index (χ2v) is 12.6. The van der Waals surface area contributed by atoms with Gasteiger partial charge in [0.1, 0.15) is 17.5 Å². The van der Waals surface area contributed by atoms with Crippen LogP contribution in [0.1, 0.15) is 58.2 Å². The Morgan fingerprint density at radius 2 is 1.95 bits per heavy atom. The van der Waals surface area contributed by atoms with Crippen LogP contribution in [0.2, 0.25) is 0 Å². The van der Waals surface area contributed by atoms with Gasteiger partial charge in [0.15, 0.2) is 9.84 Å². The van der Waals surface area contributed by atoms with E-state index in [1.807, 2.05) is 24.4 Å². The fourth-order valence-electron chi connectivity index (χ4n) is 5.25. The molecule has 1 aromatic carbocycles. The van der Waals surface area contributed by atoms with E-state index in [-0.39, 0.29) is 41.9 Å². The number of rotatable bonds is 5. The predicted molar refractivity (Wildman–Crippen MR) is 148 cm³/mol. The average Bonchev–Trinajstić information content (AvgIpc) is 3.84. The number of ether oxygens (including phenoxy) is 1. The lowest BCUT2D eigenvalue weighted by Crippen LogP contribution is -2.27. The zero-order valence-corrected chi connectivity index (χ0v) is 22.7. The molecule has 4 aromatic rings. The Kier molecular flexibility index (Phi) is 6.20. The quantitative estimate of drug-likeness (QED) is 0.392. The number of amides is 1. The molecule has 3 aromatic heterocycles. The van der Waals surface area contributed by atoms with E-state index in [2.05, 4.69) is 20.2 Å². The highest BCUT2D eigenvalue weighted by molar-refractivity contribution is 7.91. The van der Waals surface area contributed by atoms with E-state index in [9.17, 15) is 13.2 Å². The van der Waals surface area contributed by atoms with Crippen molar-refractivity contribution in [3.8, 4) is 0 Å². The number of aromatic nitrogens is 4. The van der Waals surface area contributed by atoms with Gasteiger partial charge in [0.25, 0.3) is 5.91 Å². The number of hydrogen-bond donors (Lipinski definition) is 1. The highest BCUT2D eigenvalue weighted by atomic mass is 32.2. The van der Waals surface area contributed by atoms with Gasteiger partial charge in [-0.1, -0.05) is 6.07 Å². The Morgan fingerprint density at radius 3 is 2.83 bits per heavy atom. The molecule has 0 spiro atoms. The third-order valence-corrected chi connectivity index (χ3v) is 9.38. The van der Waals surface area contributed by atoms with Crippen molar-refractivity contribution in [1.29, 1.82) is 0 Å². The van der Waals surface area contributed by atoms with Gasteiger partial charge in [0.2, 0.25) is 0 Å². The van der Waals surface area contributed by atoms with Crippen LogP contribution < -0.4 is 10.2 Å². The molecule has 3 aliphatic rings. The van der Waals surface area contributed by atoms with E-state index in [0.717, 1.165) is 66.2 Å². The average molecular weight is 557 g/mol. The highest BCUT2D eigenvalue weighted by Crippen LogP contribution is 2.40. The van der Waals surface area contributed by atoms with Crippen molar-refractivity contribution in [2.75, 3.05) is 23.8 Å². The molecule has 11 heteroatoms. The molecule has 5 heterocycles. The molecule has 0 radical (unpaired) electrons. The van der Waals surface area contributed by atoms with Crippen LogP contribution in [0.25, 0.3) is 10.9 Å². The Balaban J connectivity index is 1.11. The standard InChI is InChI=1S/C29H28N6O4S/c36-29(19-5-6-22-17-39-10-11-40(37,38)25(22)12-19)32-16-23-13-24-20(14-30-23)7-8-26(33-24)35-9-1-2-21-15-31-27(18-3-4-18)34-28(21)35/h5-8,12-15,18H,1-4,9-11,16-17H2,(H,32,36). The number of carbonyl (C=O) groups is 1. The minimum absolute atomic E-state index is 0.0985. The lowest BCUT2D eigenvalue weighted by Gasteiger charge is -2.29. The monoisotopic (exact) mass is 556 g/mol. The van der Waals surface area contributed by atoms with Crippen molar-refractivity contribution in [1.82, 2.24) is 25.3 Å². The summed E-state index contributed by atoms with van der Waals surface area (Å²) in [7, 11) is -3.50. The zero-order chi connectivity index (χ0) is 27.3. The summed E-state index contributed by atoms with van der Waals surface area (Å²) >= 11 is 0. The molecule has 1 aliphatic carbocycles. The molecule has 1 amide bonds. The van der Waals surface area contributed by atoms with E-state index in [0.29, 0.717) is 17.2 Å². The van der Waals surface area contributed by atoms with Crippen molar-refractivity contribution in [2.45, 2.75) is 49.6 Å². The third kappa shape index (κ3) is 4.79. The fourth-order valence-corrected chi connectivity index (χ4v) is 6.64. The fraction of sp³-hybridized carbons (Fsp3) is 0.345. The number of hydrogen-bond acceptors (Lipinski definition) is 9. The van der Waals surface area contributed by atoms with Crippen LogP contribution >= 0.6 is 0 Å². The second-order valence-electron chi connectivity index (χ2n) is 10.5. The van der Waals surface area contributed by atoms with Crippen LogP contribution in [-0.2, 0) is 34.1 Å². The van der Waals surface area contributed by atoms with Gasteiger partial charge in [-0.2, -0.15) is 0 Å². The molecule has 7 rings (SSSR count). The highest BCUT2D eigenvalue weighted by Gasteiger charge is 2.30. The van der Waals surface area contributed by atoms with Gasteiger partial charge in [0, 0.05) is 41.4 Å². The smallest absolute Gasteiger partial charge is 0.251 e. The molecule has 2 aliphatic heterocycles. The molecule has 1 N–H and O–H groups in total. The van der Waals surface area contributed by atoms with Crippen molar-refractivity contribution in [3.05, 3.63) is 77.0 Å². The Hall–Kier alpha value is -3.96. The number of anilines is 2. The SMILES string of the molecule is O=C(NCc1cc2nc(N3CCCc4cnc(C5CC5)nc43)ccc2cn1)c1ccc2c(c1)S(=O)(=O)CCOC2. The molecule has 0 atom stereocenters. The van der Waals surface area contributed by atoms with Gasteiger partial charge in [-0.05, 0) is 61.6 Å². The third-order valence-electron chi connectivity index (χ3n) is 7.63. The van der Waals surface area contributed by atoms with Gasteiger partial charge in [0.05, 0.1) is 41.6 Å². The number of carbonyl (C=O) groups excluding carboxylic acids is 1. The zero-order valence-electron chi connectivity index (χ0n) is 21.8. The molecule has 1 saturated carbocycles. The maximum absolute atomic E-state index is 12.9. The maximum Gasteiger partial charge on any atom is 0.251 e. The van der Waals surface area contributed by atoms with Crippen molar-refractivity contribution in [3.63, 3.8) is 0 Å². The first-order valence-electron chi connectivity index (χ1n) is 13.6. The largest absolute Gasteiger partial charge is 0.376 e. The second kappa shape index (κ2) is 9.90. The van der Waals surface area contributed by atoms with Gasteiger partial charge in [-0.15, -0.1) is 0 Å². The van der Waals surface area contributed by atoms with Gasteiger partial charge in [-0.3, -0.25) is 9.78 Å². The summed E-state index contributed by atoms with van der Waals surface area (Å²) < 4.78 is 30.6. The molecule has 40 heavy (non-hydrogen) atoms. The number of nitrogens with one attached hydrogen (secondary N) is 1. The lowest BCUT2D eigenvalue weighted by molar-refractivity contribution is 0.0950. The minimum Gasteiger partial charge on any atom is -0.376 e. The summed E-state index contributed by atoms with van der Waals surface area (Å²) in [5.41, 5.74) is 3.42. The first-order chi connectivity index (χ1) is 19.4. The Labute approximate surface area is 231 Å². The summed E-state index contributed by atoms with van der Waals surface area (Å²) in [4.78, 5) is 34.2. The van der Waals surface area contributed by atoms with Crippen molar-refractivity contribution >= 4 is 38.3 Å². The topological polar surface area (TPSA) is 127 Å². The molecule has 0 bridgehead atoms. The van der Waals surface area contributed by atoms with E-state index in [1.54, 1.807) is 18.3 Å². The summed E-state index contributed by atoms with van der Waals surface area (Å²) in [5, 5.41) is 3.76. The van der Waals surface area contributed by atoms with E-state index >= 15 is 0 Å². The summed E-state index contributed by atoms with van der Waals surface area (Å²) in [5.74, 6) is 2.71. The van der Waals surface area contributed by atoms with Crippen LogP contribution in [0, 0.1) is 0 Å². The minimum atomic E-state index is -3.50. The first-order valence-corrected chi connectivity index (χ1v) is 15.2. The van der Waals surface area contributed by atoms with Crippen LogP contribution in [-0.4, -0.2) is 53.2 Å². The van der Waals surface area contributed by atoms with E-state index in [4.69, 9.17) is 14.7 Å². The van der Waals surface area contributed by atoms with Crippen LogP contribution in [0.3, 0.4) is 0 Å². The number of pyridine rings is 2. The molecule has 1 fully saturated rings. The Bertz CT molecular complexity index is 1760. The number of sulfone groups is 1.